The molecule has 1 saturated carbocycles. The highest BCUT2D eigenvalue weighted by molar-refractivity contribution is 6.32. The summed E-state index contributed by atoms with van der Waals surface area (Å²) >= 11 is 6.04. The first-order valence-electron chi connectivity index (χ1n) is 7.70. The summed E-state index contributed by atoms with van der Waals surface area (Å²) in [5.74, 6) is 0.215. The third kappa shape index (κ3) is 2.78. The normalized spacial score (nSPS) is 21.3. The molecule has 0 spiro atoms. The summed E-state index contributed by atoms with van der Waals surface area (Å²) in [5.41, 5.74) is 0.362. The molecule has 120 valence electrons. The number of aromatic hydroxyl groups is 1. The maximum Gasteiger partial charge on any atom is 0.278 e. The van der Waals surface area contributed by atoms with Crippen LogP contribution in [0.15, 0.2) is 12.1 Å². The summed E-state index contributed by atoms with van der Waals surface area (Å²) in [6.07, 6.45) is 3.22. The van der Waals surface area contributed by atoms with Crippen molar-refractivity contribution in [2.75, 3.05) is 26.2 Å². The molecule has 1 saturated heterocycles. The minimum Gasteiger partial charge on any atom is -0.506 e. The van der Waals surface area contributed by atoms with Gasteiger partial charge in [-0.3, -0.25) is 15.0 Å². The van der Waals surface area contributed by atoms with Crippen LogP contribution < -0.4 is 5.32 Å². The van der Waals surface area contributed by atoms with E-state index in [0.717, 1.165) is 45.4 Å². The highest BCUT2D eigenvalue weighted by Gasteiger charge is 2.39. The molecule has 1 aromatic rings. The van der Waals surface area contributed by atoms with E-state index in [4.69, 9.17) is 11.6 Å². The van der Waals surface area contributed by atoms with Gasteiger partial charge in [0, 0.05) is 38.3 Å². The van der Waals surface area contributed by atoms with Crippen LogP contribution in [-0.4, -0.2) is 41.1 Å². The van der Waals surface area contributed by atoms with Gasteiger partial charge in [0.2, 0.25) is 0 Å². The highest BCUT2D eigenvalue weighted by Crippen LogP contribution is 2.48. The molecule has 0 radical (unpaired) electrons. The van der Waals surface area contributed by atoms with Crippen LogP contribution in [0.25, 0.3) is 0 Å². The lowest BCUT2D eigenvalue weighted by atomic mass is 9.75. The Balaban J connectivity index is 2.06. The summed E-state index contributed by atoms with van der Waals surface area (Å²) in [7, 11) is 0. The van der Waals surface area contributed by atoms with Crippen molar-refractivity contribution in [1.29, 1.82) is 0 Å². The summed E-state index contributed by atoms with van der Waals surface area (Å²) < 4.78 is 0. The van der Waals surface area contributed by atoms with E-state index in [0.29, 0.717) is 11.5 Å². The fourth-order valence-corrected chi connectivity index (χ4v) is 3.62. The second kappa shape index (κ2) is 6.40. The summed E-state index contributed by atoms with van der Waals surface area (Å²) in [5, 5.41) is 25.3. The van der Waals surface area contributed by atoms with Crippen LogP contribution in [0.2, 0.25) is 5.02 Å². The average Bonchev–Trinajstić information content (AvgIpc) is 2.46. The standard InChI is InChI=1S/C15H20ClN3O3/c16-11-4-5-12(19(21)22)13(15(11)20)14(10-2-1-3-10)18-8-6-17-7-9-18/h4-5,10,14,17,20H,1-3,6-9H2/t14-/m0/s1. The Morgan fingerprint density at radius 3 is 2.59 bits per heavy atom. The first-order chi connectivity index (χ1) is 10.6. The molecule has 22 heavy (non-hydrogen) atoms. The van der Waals surface area contributed by atoms with E-state index < -0.39 is 4.92 Å². The van der Waals surface area contributed by atoms with E-state index in [2.05, 4.69) is 10.2 Å². The number of nitro groups is 1. The van der Waals surface area contributed by atoms with Crippen LogP contribution in [0.1, 0.15) is 30.9 Å². The number of rotatable bonds is 4. The fourth-order valence-electron chi connectivity index (χ4n) is 3.45. The lowest BCUT2D eigenvalue weighted by Crippen LogP contribution is -2.48. The van der Waals surface area contributed by atoms with Crippen LogP contribution in [0, 0.1) is 16.0 Å². The second-order valence-electron chi connectivity index (χ2n) is 6.01. The number of halogens is 1. The molecule has 7 heteroatoms. The molecular weight excluding hydrogens is 306 g/mol. The zero-order valence-electron chi connectivity index (χ0n) is 12.3. The van der Waals surface area contributed by atoms with E-state index in [1.165, 1.54) is 12.1 Å². The van der Waals surface area contributed by atoms with E-state index in [1.807, 2.05) is 0 Å². The number of piperazine rings is 1. The largest absolute Gasteiger partial charge is 0.506 e. The van der Waals surface area contributed by atoms with Crippen LogP contribution in [0.3, 0.4) is 0 Å². The first kappa shape index (κ1) is 15.5. The molecule has 2 N–H and O–H groups in total. The van der Waals surface area contributed by atoms with E-state index >= 15 is 0 Å². The molecule has 1 atom stereocenters. The van der Waals surface area contributed by atoms with E-state index in [-0.39, 0.29) is 22.5 Å². The summed E-state index contributed by atoms with van der Waals surface area (Å²) in [6.45, 7) is 3.37. The number of hydrogen-bond acceptors (Lipinski definition) is 5. The molecule has 0 aromatic heterocycles. The van der Waals surface area contributed by atoms with Crippen molar-refractivity contribution in [2.24, 2.45) is 5.92 Å². The molecule has 2 aliphatic rings. The Morgan fingerprint density at radius 1 is 1.36 bits per heavy atom. The smallest absolute Gasteiger partial charge is 0.278 e. The second-order valence-corrected chi connectivity index (χ2v) is 6.41. The van der Waals surface area contributed by atoms with Gasteiger partial charge in [0.05, 0.1) is 15.5 Å². The number of phenols is 1. The van der Waals surface area contributed by atoms with Crippen molar-refractivity contribution in [2.45, 2.75) is 25.3 Å². The first-order valence-corrected chi connectivity index (χ1v) is 8.08. The van der Waals surface area contributed by atoms with Crippen molar-refractivity contribution in [3.05, 3.63) is 32.8 Å². The predicted octanol–water partition coefficient (Wildman–Crippen LogP) is 2.70. The number of nitro benzene ring substituents is 1. The minimum atomic E-state index is -0.417. The Hall–Kier alpha value is -1.37. The monoisotopic (exact) mass is 325 g/mol. The molecule has 0 unspecified atom stereocenters. The third-order valence-electron chi connectivity index (χ3n) is 4.78. The molecule has 3 rings (SSSR count). The fraction of sp³-hybridized carbons (Fsp3) is 0.600. The van der Waals surface area contributed by atoms with Crippen LogP contribution >= 0.6 is 11.6 Å². The van der Waals surface area contributed by atoms with Gasteiger partial charge in [-0.25, -0.2) is 0 Å². The van der Waals surface area contributed by atoms with Crippen molar-refractivity contribution in [1.82, 2.24) is 10.2 Å². The Morgan fingerprint density at radius 2 is 2.05 bits per heavy atom. The zero-order valence-corrected chi connectivity index (χ0v) is 13.1. The van der Waals surface area contributed by atoms with E-state index in [1.54, 1.807) is 0 Å². The summed E-state index contributed by atoms with van der Waals surface area (Å²) in [6, 6.07) is 2.68. The van der Waals surface area contributed by atoms with Gasteiger partial charge in [-0.2, -0.15) is 0 Å². The molecular formula is C15H20ClN3O3. The Labute approximate surface area is 134 Å². The van der Waals surface area contributed by atoms with Crippen molar-refractivity contribution in [3.63, 3.8) is 0 Å². The zero-order chi connectivity index (χ0) is 15.7. The number of phenolic OH excluding ortho intramolecular Hbond substituents is 1. The summed E-state index contributed by atoms with van der Waals surface area (Å²) in [4.78, 5) is 13.3. The Bertz CT molecular complexity index is 571. The van der Waals surface area contributed by atoms with Gasteiger partial charge in [-0.1, -0.05) is 18.0 Å². The quantitative estimate of drug-likeness (QED) is 0.657. The molecule has 0 bridgehead atoms. The number of nitrogens with zero attached hydrogens (tertiary/aromatic N) is 2. The van der Waals surface area contributed by atoms with Crippen LogP contribution in [0.4, 0.5) is 5.69 Å². The molecule has 2 fully saturated rings. The molecule has 0 amide bonds. The van der Waals surface area contributed by atoms with Crippen molar-refractivity contribution >= 4 is 17.3 Å². The molecule has 1 heterocycles. The van der Waals surface area contributed by atoms with E-state index in [9.17, 15) is 15.2 Å². The molecule has 1 aliphatic heterocycles. The van der Waals surface area contributed by atoms with Gasteiger partial charge >= 0.3 is 0 Å². The van der Waals surface area contributed by atoms with Crippen LogP contribution in [0.5, 0.6) is 5.75 Å². The Kier molecular flexibility index (Phi) is 4.52. The topological polar surface area (TPSA) is 78.6 Å². The van der Waals surface area contributed by atoms with Gasteiger partial charge in [-0.15, -0.1) is 0 Å². The minimum absolute atomic E-state index is 0.0302. The number of benzene rings is 1. The lowest BCUT2D eigenvalue weighted by Gasteiger charge is -2.43. The van der Waals surface area contributed by atoms with Gasteiger partial charge < -0.3 is 10.4 Å². The third-order valence-corrected chi connectivity index (χ3v) is 5.08. The maximum atomic E-state index is 11.4. The SMILES string of the molecule is O=[N+]([O-])c1ccc(Cl)c(O)c1[C@H](C1CCC1)N1CCNCC1. The lowest BCUT2D eigenvalue weighted by molar-refractivity contribution is -0.386. The van der Waals surface area contributed by atoms with Gasteiger partial charge in [-0.05, 0) is 24.8 Å². The average molecular weight is 326 g/mol. The number of nitrogens with one attached hydrogen (secondary N) is 1. The van der Waals surface area contributed by atoms with Crippen LogP contribution in [-0.2, 0) is 0 Å². The predicted molar refractivity (Wildman–Crippen MR) is 84.3 cm³/mol. The molecule has 6 nitrogen and oxygen atoms in total. The maximum absolute atomic E-state index is 11.4. The molecule has 1 aromatic carbocycles. The van der Waals surface area contributed by atoms with Crippen molar-refractivity contribution < 1.29 is 10.0 Å². The van der Waals surface area contributed by atoms with Gasteiger partial charge in [0.25, 0.3) is 5.69 Å². The van der Waals surface area contributed by atoms with Crippen molar-refractivity contribution in [3.8, 4) is 5.75 Å². The van der Waals surface area contributed by atoms with Gasteiger partial charge in [0.15, 0.2) is 0 Å². The highest BCUT2D eigenvalue weighted by atomic mass is 35.5. The molecule has 1 aliphatic carbocycles. The van der Waals surface area contributed by atoms with Gasteiger partial charge in [0.1, 0.15) is 5.75 Å². The number of hydrogen-bond donors (Lipinski definition) is 2.